The summed E-state index contributed by atoms with van der Waals surface area (Å²) in [5.41, 5.74) is 12.7. The minimum absolute atomic E-state index is 0.0262. The van der Waals surface area contributed by atoms with Gasteiger partial charge in [0.2, 0.25) is 0 Å². The van der Waals surface area contributed by atoms with E-state index in [2.05, 4.69) is 106 Å². The van der Waals surface area contributed by atoms with Crippen molar-refractivity contribution in [1.82, 2.24) is 28.6 Å². The van der Waals surface area contributed by atoms with Crippen LogP contribution in [0.15, 0.2) is 97.6 Å². The zero-order chi connectivity index (χ0) is 42.3. The number of rotatable bonds is 12. The predicted molar refractivity (Wildman–Crippen MR) is 244 cm³/mol. The van der Waals surface area contributed by atoms with Crippen LogP contribution in [0, 0.1) is 0 Å². The minimum Gasteiger partial charge on any atom is -0.495 e. The first-order chi connectivity index (χ1) is 28.6. The third-order valence-corrected chi connectivity index (χ3v) is 10.2. The van der Waals surface area contributed by atoms with Gasteiger partial charge in [0.05, 0.1) is 38.8 Å². The number of nitrogens with zero attached hydrogens (tertiary/aromatic N) is 6. The summed E-state index contributed by atoms with van der Waals surface area (Å²) in [7, 11) is 3.16. The van der Waals surface area contributed by atoms with Crippen LogP contribution in [0.25, 0.3) is 11.3 Å². The Kier molecular flexibility index (Phi) is 17.9. The van der Waals surface area contributed by atoms with Gasteiger partial charge in [-0.3, -0.25) is 14.6 Å². The largest absolute Gasteiger partial charge is 0.495 e. The van der Waals surface area contributed by atoms with Crippen LogP contribution in [0.2, 0.25) is 0 Å². The van der Waals surface area contributed by atoms with Gasteiger partial charge in [0, 0.05) is 102 Å². The molecule has 8 rings (SSSR count). The molecule has 2 aliphatic heterocycles. The Hall–Kier alpha value is -4.18. The number of aliphatic hydroxyl groups is 2. The first kappa shape index (κ1) is 45.9. The number of benzene rings is 2. The van der Waals surface area contributed by atoms with Crippen molar-refractivity contribution in [3.8, 4) is 11.5 Å². The van der Waals surface area contributed by atoms with Crippen LogP contribution < -0.4 is 15.2 Å². The molecule has 0 radical (unpaired) electrons. The zero-order valence-electron chi connectivity index (χ0n) is 33.2. The van der Waals surface area contributed by atoms with E-state index < -0.39 is 18.2 Å². The molecule has 0 spiro atoms. The molecule has 59 heavy (non-hydrogen) atoms. The number of nitrogens with two attached hydrogens (primary N) is 1. The Morgan fingerprint density at radius 2 is 1.15 bits per heavy atom. The second-order valence-electron chi connectivity index (χ2n) is 14.2. The fourth-order valence-electron chi connectivity index (χ4n) is 7.03. The Morgan fingerprint density at radius 1 is 0.695 bits per heavy atom. The smallest absolute Gasteiger partial charge is 0.356 e. The molecule has 314 valence electrons. The number of carbonyl (C=O) groups excluding carboxylic acids is 1. The maximum atomic E-state index is 12.5. The highest BCUT2D eigenvalue weighted by Crippen LogP contribution is 2.21. The summed E-state index contributed by atoms with van der Waals surface area (Å²) in [4.78, 5) is 35.9. The van der Waals surface area contributed by atoms with E-state index in [-0.39, 0.29) is 17.9 Å². The van der Waals surface area contributed by atoms with Gasteiger partial charge in [-0.05, 0) is 65.8 Å². The number of aromatic carboxylic acids is 1. The standard InChI is InChI=1S/C22H25N3O3.C12H18N2O.C9H8N2O3.I2/c1-28-19-7-9-22-23-20(15-25(22)14-19)21(27)8-6-18(26)13-24-11-10-16-4-2-3-5-17(16)12-24;13-7-12(15)9-14-6-5-10-3-1-2-4-11(10)8-14;1-14-6-2-3-8-10-7(9(12)13)5-11(8)4-6;1-2/h2-5,7,9,14-15,18,26H,6,8,10-13H2,1H3;1-4,12,15H,5-9,13H2;2-5H,1H3,(H,12,13);. The Balaban J connectivity index is 0.000000180. The molecule has 2 unspecified atom stereocenters. The highest BCUT2D eigenvalue weighted by atomic mass is 128. The van der Waals surface area contributed by atoms with Crippen LogP contribution in [0.1, 0.15) is 56.1 Å². The van der Waals surface area contributed by atoms with Gasteiger partial charge in [-0.15, -0.1) is 0 Å². The van der Waals surface area contributed by atoms with Gasteiger partial charge in [-0.1, -0.05) is 48.5 Å². The summed E-state index contributed by atoms with van der Waals surface area (Å²) in [5.74, 6) is 0.285. The van der Waals surface area contributed by atoms with Crippen molar-refractivity contribution in [2.45, 2.75) is 51.0 Å². The summed E-state index contributed by atoms with van der Waals surface area (Å²) in [5, 5.41) is 28.6. The number of fused-ring (bicyclic) bond motifs is 4. The van der Waals surface area contributed by atoms with Crippen LogP contribution in [0.5, 0.6) is 11.5 Å². The van der Waals surface area contributed by atoms with Crippen molar-refractivity contribution in [3.05, 3.63) is 131 Å². The number of carboxylic acids is 1. The Labute approximate surface area is 367 Å². The molecule has 0 saturated heterocycles. The summed E-state index contributed by atoms with van der Waals surface area (Å²) in [6, 6.07) is 24.0. The predicted octanol–water partition coefficient (Wildman–Crippen LogP) is 5.90. The number of hydrogen-bond acceptors (Lipinski definition) is 11. The number of hydrogen-bond donors (Lipinski definition) is 4. The number of aliphatic hydroxyl groups excluding tert-OH is 2. The number of carbonyl (C=O) groups is 2. The fraction of sp³-hybridized carbons (Fsp3) is 0.349. The monoisotopic (exact) mass is 1030 g/mol. The highest BCUT2D eigenvalue weighted by Gasteiger charge is 2.21. The van der Waals surface area contributed by atoms with Crippen molar-refractivity contribution >= 4 is 60.3 Å². The Morgan fingerprint density at radius 3 is 1.63 bits per heavy atom. The molecule has 2 aliphatic rings. The Bertz CT molecular complexity index is 2280. The lowest BCUT2D eigenvalue weighted by atomic mass is 9.99. The summed E-state index contributed by atoms with van der Waals surface area (Å²) in [6.45, 7) is 5.38. The molecular formula is C43H51I2N7O7. The molecule has 2 atom stereocenters. The lowest BCUT2D eigenvalue weighted by Crippen LogP contribution is -2.39. The maximum Gasteiger partial charge on any atom is 0.356 e. The number of imidazole rings is 2. The van der Waals surface area contributed by atoms with Gasteiger partial charge in [-0.25, -0.2) is 14.8 Å². The van der Waals surface area contributed by atoms with E-state index in [0.717, 1.165) is 39.0 Å². The van der Waals surface area contributed by atoms with Gasteiger partial charge in [0.15, 0.2) is 11.5 Å². The molecule has 0 fully saturated rings. The number of methoxy groups -OCH3 is 2. The summed E-state index contributed by atoms with van der Waals surface area (Å²) >= 11 is 4.24. The quantitative estimate of drug-likeness (QED) is 0.0844. The first-order valence-electron chi connectivity index (χ1n) is 19.2. The molecule has 6 heterocycles. The SMILES string of the molecule is COc1ccc2nc(C(=O)CCC(O)CN3CCc4ccccc4C3)cn2c1.COc1ccc2nc(C(=O)O)cn2c1.II.NCC(O)CN1CCc2ccccc2C1. The second-order valence-corrected chi connectivity index (χ2v) is 14.2. The minimum atomic E-state index is -1.03. The van der Waals surface area contributed by atoms with Gasteiger partial charge in [0.25, 0.3) is 0 Å². The molecule has 0 bridgehead atoms. The molecule has 6 aromatic rings. The number of pyridine rings is 2. The summed E-state index contributed by atoms with van der Waals surface area (Å²) < 4.78 is 13.6. The van der Waals surface area contributed by atoms with E-state index in [9.17, 15) is 19.8 Å². The van der Waals surface area contributed by atoms with Crippen molar-refractivity contribution in [3.63, 3.8) is 0 Å². The van der Waals surface area contributed by atoms with E-state index in [1.54, 1.807) is 53.7 Å². The van der Waals surface area contributed by atoms with Gasteiger partial charge in [0.1, 0.15) is 28.5 Å². The highest BCUT2D eigenvalue weighted by molar-refractivity contribution is 15.0. The average Bonchev–Trinajstić information content (AvgIpc) is 3.91. The molecule has 0 saturated carbocycles. The third kappa shape index (κ3) is 13.2. The van der Waals surface area contributed by atoms with Crippen molar-refractivity contribution < 1.29 is 34.4 Å². The lowest BCUT2D eigenvalue weighted by Gasteiger charge is -2.30. The van der Waals surface area contributed by atoms with Crippen LogP contribution >= 0.6 is 37.2 Å². The number of ketones is 1. The number of aromatic nitrogens is 4. The van der Waals surface area contributed by atoms with Gasteiger partial charge < -0.3 is 39.3 Å². The van der Waals surface area contributed by atoms with E-state index in [0.29, 0.717) is 54.5 Å². The molecule has 0 aliphatic carbocycles. The van der Waals surface area contributed by atoms with Crippen molar-refractivity contribution in [1.29, 1.82) is 0 Å². The van der Waals surface area contributed by atoms with E-state index in [1.165, 1.54) is 28.5 Å². The number of β-amino-alcohol motifs (C(OH)–C–C–N with tert-alkyl or cyclic N) is 2. The third-order valence-electron chi connectivity index (χ3n) is 10.2. The molecule has 5 N–H and O–H groups in total. The van der Waals surface area contributed by atoms with E-state index >= 15 is 0 Å². The van der Waals surface area contributed by atoms with Gasteiger partial charge in [-0.2, -0.15) is 0 Å². The molecule has 4 aromatic heterocycles. The normalized spacial score (nSPS) is 14.6. The van der Waals surface area contributed by atoms with E-state index in [4.69, 9.17) is 20.3 Å². The average molecular weight is 1030 g/mol. The molecule has 0 amide bonds. The number of ether oxygens (including phenoxy) is 2. The van der Waals surface area contributed by atoms with Gasteiger partial charge >= 0.3 is 5.97 Å². The maximum absolute atomic E-state index is 12.5. The zero-order valence-corrected chi connectivity index (χ0v) is 37.5. The van der Waals surface area contributed by atoms with Crippen LogP contribution in [0.4, 0.5) is 0 Å². The molecule has 2 aromatic carbocycles. The number of halogens is 2. The fourth-order valence-corrected chi connectivity index (χ4v) is 7.03. The van der Waals surface area contributed by atoms with Crippen molar-refractivity contribution in [2.75, 3.05) is 46.9 Å². The van der Waals surface area contributed by atoms with E-state index in [1.807, 2.05) is 12.1 Å². The van der Waals surface area contributed by atoms with Crippen LogP contribution in [0.3, 0.4) is 0 Å². The lowest BCUT2D eigenvalue weighted by molar-refractivity contribution is 0.0691. The molecular weight excluding hydrogens is 980 g/mol. The number of Topliss-reactive ketones (excluding diaryl/α,β-unsaturated/α-hetero) is 1. The molecule has 14 nitrogen and oxygen atoms in total. The second kappa shape index (κ2) is 23.0. The van der Waals surface area contributed by atoms with Crippen LogP contribution in [-0.4, -0.2) is 115 Å². The van der Waals surface area contributed by atoms with Crippen molar-refractivity contribution in [2.24, 2.45) is 5.73 Å². The molecule has 16 heteroatoms. The topological polar surface area (TPSA) is 180 Å². The first-order valence-corrected chi connectivity index (χ1v) is 25.5. The number of carboxylic acid groups (broad SMARTS) is 1. The van der Waals surface area contributed by atoms with Crippen LogP contribution in [-0.2, 0) is 25.9 Å². The summed E-state index contributed by atoms with van der Waals surface area (Å²) in [6.07, 6.45) is 8.52.